The summed E-state index contributed by atoms with van der Waals surface area (Å²) >= 11 is 0. The van der Waals surface area contributed by atoms with E-state index in [0.29, 0.717) is 13.1 Å². The molecule has 2 aliphatic rings. The molecule has 24 heavy (non-hydrogen) atoms. The summed E-state index contributed by atoms with van der Waals surface area (Å²) in [6, 6.07) is 5.86. The number of hydrogen-bond donors (Lipinski definition) is 0. The lowest BCUT2D eigenvalue weighted by Gasteiger charge is -2.35. The van der Waals surface area contributed by atoms with E-state index in [1.807, 2.05) is 28.0 Å². The average molecular weight is 330 g/mol. The topological polar surface area (TPSA) is 56.8 Å². The second-order valence-corrected chi connectivity index (χ2v) is 6.53. The third-order valence-corrected chi connectivity index (χ3v) is 4.87. The largest absolute Gasteiger partial charge is 0.353 e. The number of hydrogen-bond acceptors (Lipinski definition) is 4. The standard InChI is InChI=1S/C18H26N4O2/c23-17(21-9-5-1-2-6-10-21)15-18(24)22-13-11-20(12-14-22)16-7-3-4-8-19-16/h3-4,7-8H,1-2,5-6,9-15H2. The molecule has 130 valence electrons. The van der Waals surface area contributed by atoms with Gasteiger partial charge in [-0.2, -0.15) is 0 Å². The van der Waals surface area contributed by atoms with Crippen LogP contribution in [0.4, 0.5) is 5.82 Å². The zero-order valence-corrected chi connectivity index (χ0v) is 14.2. The van der Waals surface area contributed by atoms with Crippen LogP contribution in [0.5, 0.6) is 0 Å². The van der Waals surface area contributed by atoms with Crippen molar-refractivity contribution in [1.82, 2.24) is 14.8 Å². The van der Waals surface area contributed by atoms with Gasteiger partial charge in [0, 0.05) is 45.5 Å². The minimum absolute atomic E-state index is 0.00550. The summed E-state index contributed by atoms with van der Waals surface area (Å²) < 4.78 is 0. The molecular weight excluding hydrogens is 304 g/mol. The predicted octanol–water partition coefficient (Wildman–Crippen LogP) is 1.52. The number of carbonyl (C=O) groups excluding carboxylic acids is 2. The molecule has 0 aromatic carbocycles. The van der Waals surface area contributed by atoms with E-state index in [9.17, 15) is 9.59 Å². The SMILES string of the molecule is O=C(CC(=O)N1CCN(c2ccccn2)CC1)N1CCCCCC1. The van der Waals surface area contributed by atoms with E-state index < -0.39 is 0 Å². The quantitative estimate of drug-likeness (QED) is 0.789. The Morgan fingerprint density at radius 2 is 1.46 bits per heavy atom. The molecule has 3 rings (SSSR count). The minimum Gasteiger partial charge on any atom is -0.353 e. The van der Waals surface area contributed by atoms with E-state index >= 15 is 0 Å². The highest BCUT2D eigenvalue weighted by molar-refractivity contribution is 5.97. The molecule has 1 aromatic heterocycles. The Labute approximate surface area is 143 Å². The van der Waals surface area contributed by atoms with Crippen LogP contribution >= 0.6 is 0 Å². The van der Waals surface area contributed by atoms with E-state index in [2.05, 4.69) is 9.88 Å². The molecule has 6 heteroatoms. The van der Waals surface area contributed by atoms with Crippen molar-refractivity contribution in [2.45, 2.75) is 32.1 Å². The molecule has 3 heterocycles. The van der Waals surface area contributed by atoms with Crippen LogP contribution in [-0.2, 0) is 9.59 Å². The number of rotatable bonds is 3. The molecule has 0 aliphatic carbocycles. The normalized spacial score (nSPS) is 19.1. The van der Waals surface area contributed by atoms with Crippen molar-refractivity contribution in [3.63, 3.8) is 0 Å². The molecule has 0 atom stereocenters. The van der Waals surface area contributed by atoms with E-state index in [4.69, 9.17) is 0 Å². The third-order valence-electron chi connectivity index (χ3n) is 4.87. The second kappa shape index (κ2) is 8.13. The van der Waals surface area contributed by atoms with Crippen molar-refractivity contribution in [1.29, 1.82) is 0 Å². The van der Waals surface area contributed by atoms with Gasteiger partial charge in [0.1, 0.15) is 12.2 Å². The number of piperazine rings is 1. The number of amides is 2. The summed E-state index contributed by atoms with van der Waals surface area (Å²) in [4.78, 5) is 35.0. The van der Waals surface area contributed by atoms with Gasteiger partial charge in [0.15, 0.2) is 0 Å². The number of likely N-dealkylation sites (tertiary alicyclic amines) is 1. The molecule has 0 bridgehead atoms. The van der Waals surface area contributed by atoms with Gasteiger partial charge in [-0.3, -0.25) is 9.59 Å². The molecular formula is C18H26N4O2. The molecule has 2 amide bonds. The Balaban J connectivity index is 1.47. The summed E-state index contributed by atoms with van der Waals surface area (Å²) in [6.07, 6.45) is 6.29. The monoisotopic (exact) mass is 330 g/mol. The third kappa shape index (κ3) is 4.24. The van der Waals surface area contributed by atoms with Crippen LogP contribution in [0.1, 0.15) is 32.1 Å². The van der Waals surface area contributed by atoms with E-state index in [1.165, 1.54) is 12.8 Å². The fourth-order valence-corrected chi connectivity index (χ4v) is 3.40. The highest BCUT2D eigenvalue weighted by Crippen LogP contribution is 2.14. The molecule has 0 N–H and O–H groups in total. The minimum atomic E-state index is -0.0371. The van der Waals surface area contributed by atoms with Gasteiger partial charge >= 0.3 is 0 Å². The van der Waals surface area contributed by atoms with E-state index in [-0.39, 0.29) is 18.2 Å². The van der Waals surface area contributed by atoms with Crippen molar-refractivity contribution in [3.05, 3.63) is 24.4 Å². The van der Waals surface area contributed by atoms with Crippen LogP contribution in [0, 0.1) is 0 Å². The van der Waals surface area contributed by atoms with Crippen molar-refractivity contribution < 1.29 is 9.59 Å². The molecule has 2 fully saturated rings. The van der Waals surface area contributed by atoms with Crippen molar-refractivity contribution in [3.8, 4) is 0 Å². The second-order valence-electron chi connectivity index (χ2n) is 6.53. The Morgan fingerprint density at radius 1 is 0.833 bits per heavy atom. The van der Waals surface area contributed by atoms with Crippen molar-refractivity contribution in [2.24, 2.45) is 0 Å². The first-order valence-electron chi connectivity index (χ1n) is 8.95. The number of carbonyl (C=O) groups is 2. The van der Waals surface area contributed by atoms with Crippen LogP contribution in [0.25, 0.3) is 0 Å². The van der Waals surface area contributed by atoms with Crippen molar-refractivity contribution in [2.75, 3.05) is 44.2 Å². The van der Waals surface area contributed by atoms with Crippen LogP contribution in [-0.4, -0.2) is 65.9 Å². The molecule has 0 unspecified atom stereocenters. The van der Waals surface area contributed by atoms with Gasteiger partial charge in [-0.15, -0.1) is 0 Å². The first-order chi connectivity index (χ1) is 11.7. The lowest BCUT2D eigenvalue weighted by atomic mass is 10.2. The Bertz CT molecular complexity index is 547. The highest BCUT2D eigenvalue weighted by atomic mass is 16.2. The average Bonchev–Trinajstić information content (AvgIpc) is 2.92. The summed E-state index contributed by atoms with van der Waals surface area (Å²) in [5, 5.41) is 0. The van der Waals surface area contributed by atoms with Gasteiger partial charge < -0.3 is 14.7 Å². The number of aromatic nitrogens is 1. The van der Waals surface area contributed by atoms with Gasteiger partial charge in [0.25, 0.3) is 0 Å². The Morgan fingerprint density at radius 3 is 2.04 bits per heavy atom. The van der Waals surface area contributed by atoms with Gasteiger partial charge in [0.05, 0.1) is 0 Å². The maximum atomic E-state index is 12.4. The molecule has 0 spiro atoms. The first kappa shape index (κ1) is 16.7. The fourth-order valence-electron chi connectivity index (χ4n) is 3.40. The van der Waals surface area contributed by atoms with Crippen LogP contribution < -0.4 is 4.90 Å². The molecule has 0 saturated carbocycles. The molecule has 2 aliphatic heterocycles. The zero-order valence-electron chi connectivity index (χ0n) is 14.2. The smallest absolute Gasteiger partial charge is 0.232 e. The van der Waals surface area contributed by atoms with E-state index in [0.717, 1.165) is 44.8 Å². The van der Waals surface area contributed by atoms with Crippen molar-refractivity contribution >= 4 is 17.6 Å². The Hall–Kier alpha value is -2.11. The number of anilines is 1. The molecule has 1 aromatic rings. The summed E-state index contributed by atoms with van der Waals surface area (Å²) in [5.41, 5.74) is 0. The highest BCUT2D eigenvalue weighted by Gasteiger charge is 2.25. The van der Waals surface area contributed by atoms with E-state index in [1.54, 1.807) is 6.20 Å². The van der Waals surface area contributed by atoms with Crippen LogP contribution in [0.15, 0.2) is 24.4 Å². The van der Waals surface area contributed by atoms with Crippen LogP contribution in [0.2, 0.25) is 0 Å². The lowest BCUT2D eigenvalue weighted by molar-refractivity contribution is -0.140. The summed E-state index contributed by atoms with van der Waals surface area (Å²) in [5.74, 6) is 0.907. The maximum absolute atomic E-state index is 12.4. The lowest BCUT2D eigenvalue weighted by Crippen LogP contribution is -2.50. The van der Waals surface area contributed by atoms with Gasteiger partial charge in [0.2, 0.25) is 11.8 Å². The molecule has 0 radical (unpaired) electrons. The maximum Gasteiger partial charge on any atom is 0.232 e. The Kier molecular flexibility index (Phi) is 5.67. The number of nitrogens with zero attached hydrogens (tertiary/aromatic N) is 4. The summed E-state index contributed by atoms with van der Waals surface area (Å²) in [6.45, 7) is 4.45. The molecule has 6 nitrogen and oxygen atoms in total. The summed E-state index contributed by atoms with van der Waals surface area (Å²) in [7, 11) is 0. The van der Waals surface area contributed by atoms with Gasteiger partial charge in [-0.25, -0.2) is 4.98 Å². The zero-order chi connectivity index (χ0) is 16.8. The van der Waals surface area contributed by atoms with Gasteiger partial charge in [-0.1, -0.05) is 18.9 Å². The van der Waals surface area contributed by atoms with Crippen LogP contribution in [0.3, 0.4) is 0 Å². The first-order valence-corrected chi connectivity index (χ1v) is 8.95. The predicted molar refractivity (Wildman–Crippen MR) is 92.7 cm³/mol. The number of pyridine rings is 1. The molecule has 2 saturated heterocycles. The fraction of sp³-hybridized carbons (Fsp3) is 0.611. The van der Waals surface area contributed by atoms with Gasteiger partial charge in [-0.05, 0) is 25.0 Å².